The van der Waals surface area contributed by atoms with E-state index in [0.717, 1.165) is 42.1 Å². The first-order valence-corrected chi connectivity index (χ1v) is 9.63. The van der Waals surface area contributed by atoms with E-state index in [1.165, 1.54) is 38.5 Å². The van der Waals surface area contributed by atoms with Crippen molar-refractivity contribution in [1.29, 1.82) is 0 Å². The average molecular weight is 305 g/mol. The lowest BCUT2D eigenvalue weighted by molar-refractivity contribution is -0.119. The number of rotatable bonds is 4. The summed E-state index contributed by atoms with van der Waals surface area (Å²) in [6.07, 6.45) is 11.8. The van der Waals surface area contributed by atoms with Gasteiger partial charge in [-0.05, 0) is 75.0 Å². The van der Waals surface area contributed by atoms with E-state index in [-0.39, 0.29) is 10.7 Å². The van der Waals surface area contributed by atoms with Crippen LogP contribution in [0.2, 0.25) is 0 Å². The van der Waals surface area contributed by atoms with Crippen molar-refractivity contribution in [2.75, 3.05) is 0 Å². The Kier molecular flexibility index (Phi) is 3.30. The highest BCUT2D eigenvalue weighted by molar-refractivity contribution is 8.16. The van der Waals surface area contributed by atoms with E-state index in [9.17, 15) is 4.79 Å². The minimum atomic E-state index is -0.258. The average Bonchev–Trinajstić information content (AvgIpc) is 2.61. The standard InChI is InChI=1S/C18H27NOS/c1-3-4-17(2)16(20)19-15(21-17)11-18-8-12-5-13(9-18)7-14(6-12)10-18/h12-14H,3-11H2,1-2H3. The molecule has 4 bridgehead atoms. The van der Waals surface area contributed by atoms with Crippen molar-refractivity contribution in [3.05, 3.63) is 0 Å². The van der Waals surface area contributed by atoms with Crippen LogP contribution in [-0.4, -0.2) is 15.7 Å². The van der Waals surface area contributed by atoms with Crippen LogP contribution >= 0.6 is 11.8 Å². The predicted octanol–water partition coefficient (Wildman–Crippen LogP) is 4.82. The summed E-state index contributed by atoms with van der Waals surface area (Å²) in [7, 11) is 0. The number of carbonyl (C=O) groups excluding carboxylic acids is 1. The van der Waals surface area contributed by atoms with Crippen LogP contribution in [-0.2, 0) is 4.79 Å². The lowest BCUT2D eigenvalue weighted by atomic mass is 9.49. The van der Waals surface area contributed by atoms with Crippen molar-refractivity contribution in [1.82, 2.24) is 0 Å². The first-order chi connectivity index (χ1) is 10.0. The second kappa shape index (κ2) is 4.84. The van der Waals surface area contributed by atoms with Crippen LogP contribution < -0.4 is 0 Å². The number of hydrogen-bond donors (Lipinski definition) is 0. The van der Waals surface area contributed by atoms with E-state index in [0.29, 0.717) is 5.41 Å². The van der Waals surface area contributed by atoms with Gasteiger partial charge in [-0.25, -0.2) is 4.99 Å². The predicted molar refractivity (Wildman–Crippen MR) is 88.6 cm³/mol. The van der Waals surface area contributed by atoms with Gasteiger partial charge in [0.15, 0.2) is 0 Å². The van der Waals surface area contributed by atoms with Gasteiger partial charge in [0.25, 0.3) is 5.91 Å². The summed E-state index contributed by atoms with van der Waals surface area (Å²) >= 11 is 1.80. The molecule has 0 N–H and O–H groups in total. The molecule has 3 heteroatoms. The van der Waals surface area contributed by atoms with Gasteiger partial charge >= 0.3 is 0 Å². The van der Waals surface area contributed by atoms with Crippen molar-refractivity contribution in [3.8, 4) is 0 Å². The Morgan fingerprint density at radius 2 is 1.71 bits per heavy atom. The highest BCUT2D eigenvalue weighted by Crippen LogP contribution is 2.62. The summed E-state index contributed by atoms with van der Waals surface area (Å²) in [5.74, 6) is 3.09. The molecule has 1 aliphatic heterocycles. The Hall–Kier alpha value is -0.310. The maximum Gasteiger partial charge on any atom is 0.262 e. The number of nitrogens with zero attached hydrogens (tertiary/aromatic N) is 1. The highest BCUT2D eigenvalue weighted by atomic mass is 32.2. The summed E-state index contributed by atoms with van der Waals surface area (Å²) in [5.41, 5.74) is 0.512. The third kappa shape index (κ3) is 2.40. The number of thioether (sulfide) groups is 1. The Labute approximate surface area is 132 Å². The van der Waals surface area contributed by atoms with Gasteiger partial charge in [0, 0.05) is 6.42 Å². The van der Waals surface area contributed by atoms with Crippen LogP contribution in [0.5, 0.6) is 0 Å². The Morgan fingerprint density at radius 1 is 1.14 bits per heavy atom. The van der Waals surface area contributed by atoms with Gasteiger partial charge in [-0.1, -0.05) is 25.1 Å². The zero-order chi connectivity index (χ0) is 14.7. The fraction of sp³-hybridized carbons (Fsp3) is 0.889. The molecule has 1 unspecified atom stereocenters. The topological polar surface area (TPSA) is 29.4 Å². The van der Waals surface area contributed by atoms with Crippen LogP contribution in [0.3, 0.4) is 0 Å². The van der Waals surface area contributed by atoms with E-state index >= 15 is 0 Å². The molecule has 0 spiro atoms. The minimum absolute atomic E-state index is 0.133. The normalized spacial score (nSPS) is 48.0. The molecule has 2 nitrogen and oxygen atoms in total. The van der Waals surface area contributed by atoms with E-state index in [1.807, 2.05) is 0 Å². The van der Waals surface area contributed by atoms with Crippen LogP contribution in [0.15, 0.2) is 4.99 Å². The zero-order valence-corrected chi connectivity index (χ0v) is 14.2. The van der Waals surface area contributed by atoms with E-state index in [4.69, 9.17) is 0 Å². The van der Waals surface area contributed by atoms with Gasteiger partial charge in [-0.2, -0.15) is 0 Å². The molecule has 4 saturated carbocycles. The van der Waals surface area contributed by atoms with E-state index < -0.39 is 0 Å². The van der Waals surface area contributed by atoms with Gasteiger partial charge < -0.3 is 0 Å². The Bertz CT molecular complexity index is 462. The summed E-state index contributed by atoms with van der Waals surface area (Å²) in [6.45, 7) is 4.26. The smallest absolute Gasteiger partial charge is 0.262 e. The Morgan fingerprint density at radius 3 is 2.24 bits per heavy atom. The summed E-state index contributed by atoms with van der Waals surface area (Å²) in [4.78, 5) is 16.8. The number of carbonyl (C=O) groups is 1. The molecule has 5 rings (SSSR count). The highest BCUT2D eigenvalue weighted by Gasteiger charge is 2.52. The molecule has 0 aromatic carbocycles. The lowest BCUT2D eigenvalue weighted by Gasteiger charge is -2.57. The molecule has 0 radical (unpaired) electrons. The zero-order valence-electron chi connectivity index (χ0n) is 13.4. The van der Waals surface area contributed by atoms with Gasteiger partial charge in [0.05, 0.1) is 9.79 Å². The number of hydrogen-bond acceptors (Lipinski definition) is 2. The van der Waals surface area contributed by atoms with Crippen LogP contribution in [0.4, 0.5) is 0 Å². The molecular weight excluding hydrogens is 278 g/mol. The van der Waals surface area contributed by atoms with Crippen molar-refractivity contribution >= 4 is 22.7 Å². The molecule has 21 heavy (non-hydrogen) atoms. The van der Waals surface area contributed by atoms with E-state index in [2.05, 4.69) is 18.8 Å². The summed E-state index contributed by atoms with van der Waals surface area (Å²) in [6, 6.07) is 0. The van der Waals surface area contributed by atoms with Crippen molar-refractivity contribution in [2.45, 2.75) is 76.4 Å². The molecule has 0 aromatic rings. The molecule has 4 fully saturated rings. The van der Waals surface area contributed by atoms with Crippen molar-refractivity contribution < 1.29 is 4.79 Å². The summed E-state index contributed by atoms with van der Waals surface area (Å²) in [5, 5.41) is 1.16. The van der Waals surface area contributed by atoms with Crippen LogP contribution in [0.25, 0.3) is 0 Å². The molecule has 1 atom stereocenters. The number of amides is 1. The first-order valence-electron chi connectivity index (χ1n) is 8.81. The fourth-order valence-electron chi connectivity index (χ4n) is 6.10. The molecule has 116 valence electrons. The second-order valence-electron chi connectivity index (χ2n) is 8.49. The first kappa shape index (κ1) is 14.3. The SMILES string of the molecule is CCCC1(C)SC(CC23CC4CC(CC(C4)C2)C3)=NC1=O. The largest absolute Gasteiger partial charge is 0.271 e. The maximum absolute atomic E-state index is 12.3. The molecule has 1 heterocycles. The monoisotopic (exact) mass is 305 g/mol. The van der Waals surface area contributed by atoms with Gasteiger partial charge in [0.2, 0.25) is 0 Å². The second-order valence-corrected chi connectivity index (χ2v) is 10.1. The third-order valence-corrected chi connectivity index (χ3v) is 7.74. The van der Waals surface area contributed by atoms with Gasteiger partial charge in [-0.15, -0.1) is 0 Å². The quantitative estimate of drug-likeness (QED) is 0.745. The Balaban J connectivity index is 1.50. The van der Waals surface area contributed by atoms with Gasteiger partial charge in [-0.3, -0.25) is 4.79 Å². The van der Waals surface area contributed by atoms with Crippen LogP contribution in [0, 0.1) is 23.2 Å². The molecule has 0 saturated heterocycles. The fourth-order valence-corrected chi connectivity index (χ4v) is 7.56. The number of aliphatic imine (C=N–C) groups is 1. The van der Waals surface area contributed by atoms with E-state index in [1.54, 1.807) is 11.8 Å². The molecule has 4 aliphatic carbocycles. The molecular formula is C18H27NOS. The third-order valence-electron chi connectivity index (χ3n) is 6.44. The molecule has 0 aromatic heterocycles. The van der Waals surface area contributed by atoms with Crippen molar-refractivity contribution in [2.24, 2.45) is 28.2 Å². The van der Waals surface area contributed by atoms with Gasteiger partial charge in [0.1, 0.15) is 0 Å². The summed E-state index contributed by atoms with van der Waals surface area (Å²) < 4.78 is -0.258. The van der Waals surface area contributed by atoms with Crippen LogP contribution in [0.1, 0.15) is 71.6 Å². The molecule has 5 aliphatic rings. The molecule has 1 amide bonds. The lowest BCUT2D eigenvalue weighted by Crippen LogP contribution is -2.46. The van der Waals surface area contributed by atoms with Crippen molar-refractivity contribution in [3.63, 3.8) is 0 Å². The minimum Gasteiger partial charge on any atom is -0.271 e. The maximum atomic E-state index is 12.3.